The number of unbranched alkanes of at least 4 members (excludes halogenated alkanes) is 1. The molecule has 3 aromatic rings. The highest BCUT2D eigenvalue weighted by atomic mass is 32.1. The average Bonchev–Trinajstić information content (AvgIpc) is 1.78. The van der Waals surface area contributed by atoms with E-state index in [2.05, 4.69) is 81.1 Å². The van der Waals surface area contributed by atoms with Crippen LogP contribution in [0.4, 0.5) is 0 Å². The van der Waals surface area contributed by atoms with E-state index in [4.69, 9.17) is 16.6 Å². The van der Waals surface area contributed by atoms with E-state index < -0.39 is 223 Å². The summed E-state index contributed by atoms with van der Waals surface area (Å²) in [4.78, 5) is 221. The molecule has 39 nitrogen and oxygen atoms in total. The number of carboxylic acids is 4. The van der Waals surface area contributed by atoms with Gasteiger partial charge in [-0.2, -0.15) is 12.6 Å². The Hall–Kier alpha value is -10.8. The van der Waals surface area contributed by atoms with Crippen molar-refractivity contribution in [3.8, 4) is 5.75 Å². The van der Waals surface area contributed by atoms with E-state index in [1.807, 2.05) is 0 Å². The first-order chi connectivity index (χ1) is 49.6. The van der Waals surface area contributed by atoms with Crippen LogP contribution in [0.1, 0.15) is 95.9 Å². The number of aliphatic hydroxyl groups excluding tert-OH is 2. The molecule has 2 heterocycles. The van der Waals surface area contributed by atoms with Crippen LogP contribution >= 0.6 is 12.6 Å². The number of hydrogen-bond donors (Lipinski definition) is 22. The lowest BCUT2D eigenvalue weighted by Crippen LogP contribution is -2.63. The number of benzene rings is 2. The third kappa shape index (κ3) is 28.4. The molecule has 0 bridgehead atoms. The van der Waals surface area contributed by atoms with Crippen molar-refractivity contribution in [2.75, 3.05) is 25.4 Å². The van der Waals surface area contributed by atoms with Crippen LogP contribution in [-0.2, 0) is 96.0 Å². The number of likely N-dealkylation sites (tertiary alicyclic amines) is 1. The topological polar surface area (TPSA) is 631 Å². The van der Waals surface area contributed by atoms with E-state index in [1.54, 1.807) is 30.3 Å². The Bertz CT molecular complexity index is 3540. The summed E-state index contributed by atoms with van der Waals surface area (Å²) < 4.78 is 0. The van der Waals surface area contributed by atoms with E-state index in [0.29, 0.717) is 23.2 Å². The fraction of sp³-hybridized carbons (Fsp3) is 0.523. The van der Waals surface area contributed by atoms with Crippen molar-refractivity contribution in [3.05, 3.63) is 83.9 Å². The number of thiol groups is 1. The van der Waals surface area contributed by atoms with Gasteiger partial charge in [-0.05, 0) is 81.7 Å². The summed E-state index contributed by atoms with van der Waals surface area (Å²) in [6, 6.07) is -8.33. The number of aliphatic hydroxyl groups is 2. The zero-order valence-corrected chi connectivity index (χ0v) is 58.7. The van der Waals surface area contributed by atoms with E-state index in [1.165, 1.54) is 57.6 Å². The number of amides is 12. The number of hydrogen-bond acceptors (Lipinski definition) is 23. The molecule has 576 valence electrons. The molecule has 23 N–H and O–H groups in total. The first-order valence-corrected chi connectivity index (χ1v) is 33.9. The SMILES string of the molecule is CC(C)[C@H](NC(=O)[C@@H](NC(=O)[C@H](CO)NC(=O)[C@H](Cc1ccc(O)cc1)NC(=O)[C@H](CS)NC(=O)[C@H](C)NC(=O)[C@H](Cc1cnc[nH]1)NC(=O)[C@@H]1CCCN1C(=O)[C@H](CC(=O)O)NC(=O)[C@@H](N)CC(=O)O)[C@@H](C)O)C(=O)N[C@@H](Cc1ccccc1)C(=O)N[C@@H](CC(=O)O)C(=O)N[C@@H](CCCCN)C(=O)O. The third-order valence-corrected chi connectivity index (χ3v) is 16.7. The molecule has 40 heteroatoms. The Kier molecular flexibility index (Phi) is 35.2. The molecule has 1 fully saturated rings. The normalized spacial score (nSPS) is 16.3. The van der Waals surface area contributed by atoms with Crippen LogP contribution in [0.2, 0.25) is 0 Å². The van der Waals surface area contributed by atoms with Crippen LogP contribution in [0.5, 0.6) is 5.75 Å². The van der Waals surface area contributed by atoms with Crippen molar-refractivity contribution < 1.29 is 112 Å². The van der Waals surface area contributed by atoms with Crippen LogP contribution in [0.25, 0.3) is 0 Å². The summed E-state index contributed by atoms with van der Waals surface area (Å²) >= 11 is 4.22. The lowest BCUT2D eigenvalue weighted by atomic mass is 9.99. The van der Waals surface area contributed by atoms with E-state index in [-0.39, 0.29) is 57.4 Å². The molecule has 14 atom stereocenters. The maximum atomic E-state index is 14.3. The summed E-state index contributed by atoms with van der Waals surface area (Å²) in [5, 5.41) is 95.5. The molecule has 1 aliphatic heterocycles. The summed E-state index contributed by atoms with van der Waals surface area (Å²) in [7, 11) is 0. The van der Waals surface area contributed by atoms with Gasteiger partial charge < -0.3 is 116 Å². The maximum absolute atomic E-state index is 14.3. The maximum Gasteiger partial charge on any atom is 0.326 e. The second-order valence-corrected chi connectivity index (χ2v) is 25.5. The van der Waals surface area contributed by atoms with Gasteiger partial charge in [-0.1, -0.05) is 56.3 Å². The first-order valence-electron chi connectivity index (χ1n) is 33.2. The van der Waals surface area contributed by atoms with Gasteiger partial charge in [0.2, 0.25) is 70.9 Å². The van der Waals surface area contributed by atoms with Gasteiger partial charge in [0.05, 0.1) is 44.3 Å². The number of carbonyl (C=O) groups is 16. The number of H-pyrrole nitrogens is 1. The number of aromatic hydroxyl groups is 1. The average molecular weight is 1500 g/mol. The molecule has 0 unspecified atom stereocenters. The van der Waals surface area contributed by atoms with Gasteiger partial charge in [-0.3, -0.25) is 71.9 Å². The highest BCUT2D eigenvalue weighted by molar-refractivity contribution is 7.80. The summed E-state index contributed by atoms with van der Waals surface area (Å²) in [5.41, 5.74) is 12.2. The fourth-order valence-corrected chi connectivity index (χ4v) is 10.9. The number of aromatic amines is 1. The summed E-state index contributed by atoms with van der Waals surface area (Å²) in [5.74, 6) is -20.7. The number of nitrogens with two attached hydrogens (primary N) is 2. The lowest BCUT2D eigenvalue weighted by molar-refractivity contribution is -0.146. The number of imidazole rings is 1. The number of rotatable bonds is 44. The zero-order valence-electron chi connectivity index (χ0n) is 57.8. The van der Waals surface area contributed by atoms with Crippen LogP contribution in [0, 0.1) is 5.92 Å². The zero-order chi connectivity index (χ0) is 78.4. The first kappa shape index (κ1) is 86.6. The Morgan fingerprint density at radius 1 is 0.552 bits per heavy atom. The molecule has 4 rings (SSSR count). The van der Waals surface area contributed by atoms with Gasteiger partial charge in [0.25, 0.3) is 0 Å². The minimum Gasteiger partial charge on any atom is -0.508 e. The molecular formula is C65H92N16O23S. The number of phenols is 1. The number of aromatic nitrogens is 2. The molecule has 0 radical (unpaired) electrons. The van der Waals surface area contributed by atoms with E-state index >= 15 is 0 Å². The van der Waals surface area contributed by atoms with Crippen molar-refractivity contribution in [1.82, 2.24) is 73.4 Å². The molecule has 0 spiro atoms. The van der Waals surface area contributed by atoms with E-state index in [0.717, 1.165) is 11.8 Å². The predicted molar refractivity (Wildman–Crippen MR) is 369 cm³/mol. The van der Waals surface area contributed by atoms with Gasteiger partial charge in [0.1, 0.15) is 78.3 Å². The quantitative estimate of drug-likeness (QED) is 0.0185. The Labute approximate surface area is 606 Å². The van der Waals surface area contributed by atoms with Gasteiger partial charge in [-0.15, -0.1) is 0 Å². The molecule has 0 aliphatic carbocycles. The molecule has 1 aromatic heterocycles. The minimum atomic E-state index is -1.97. The van der Waals surface area contributed by atoms with Crippen LogP contribution in [0.15, 0.2) is 67.1 Å². The standard InChI is InChI=1S/C65H92N16O23S/c1-31(2)51(62(100)75-41(21-34-11-6-5-7-12-34)56(94)73-43(25-49(87)88)58(96)71-39(65(103)104)13-8-9-19-66)79-63(101)52(33(4)83)80-59(97)45(28-82)77-57(95)40(22-35-15-17-37(84)18-16-35)72-60(98)46(29-105)78-53(91)32(3)70-55(93)42(23-36-27-68-30-69-36)74-61(99)47-14-10-20-81(47)64(102)44(26-50(89)90)76-54(92)38(67)24-48(85)86/h5-7,11-12,15-18,27,30-33,38-47,51-52,82-84,105H,8-10,13-14,19-26,28-29,66-67H2,1-4H3,(H,68,69)(H,70,93)(H,71,96)(H,72,98)(H,73,94)(H,74,99)(H,75,100)(H,76,92)(H,77,95)(H,78,91)(H,79,101)(H,80,97)(H,85,86)(H,87,88)(H,89,90)(H,103,104)/t32-,33+,38-,39-,40-,41-,42-,43-,44-,45-,46-,47-,51-,52-/m0/s1. The van der Waals surface area contributed by atoms with Crippen molar-refractivity contribution in [2.45, 2.75) is 183 Å². The van der Waals surface area contributed by atoms with Crippen molar-refractivity contribution in [3.63, 3.8) is 0 Å². The molecular weight excluding hydrogens is 1400 g/mol. The monoisotopic (exact) mass is 1500 g/mol. The van der Waals surface area contributed by atoms with E-state index in [9.17, 15) is 107 Å². The molecule has 1 saturated heterocycles. The number of nitrogens with one attached hydrogen (secondary N) is 12. The molecule has 12 amide bonds. The van der Waals surface area contributed by atoms with Gasteiger partial charge in [0.15, 0.2) is 0 Å². The largest absolute Gasteiger partial charge is 0.508 e. The van der Waals surface area contributed by atoms with Crippen molar-refractivity contribution in [2.24, 2.45) is 17.4 Å². The Morgan fingerprint density at radius 2 is 1.04 bits per heavy atom. The Morgan fingerprint density at radius 3 is 1.58 bits per heavy atom. The minimum absolute atomic E-state index is 0.00104. The van der Waals surface area contributed by atoms with Crippen LogP contribution in [-0.4, -0.2) is 255 Å². The predicted octanol–water partition coefficient (Wildman–Crippen LogP) is -6.59. The second kappa shape index (κ2) is 42.7. The third-order valence-electron chi connectivity index (χ3n) is 16.4. The van der Waals surface area contributed by atoms with Gasteiger partial charge in [-0.25, -0.2) is 9.78 Å². The van der Waals surface area contributed by atoms with Crippen LogP contribution in [0.3, 0.4) is 0 Å². The number of phenolic OH excluding ortho intramolecular Hbond substituents is 1. The number of aliphatic carboxylic acids is 4. The Balaban J connectivity index is 1.50. The number of carbonyl (C=O) groups excluding carboxylic acids is 12. The lowest BCUT2D eigenvalue weighted by Gasteiger charge is -2.30. The van der Waals surface area contributed by atoms with Gasteiger partial charge in [0, 0.05) is 43.5 Å². The smallest absolute Gasteiger partial charge is 0.326 e. The van der Waals surface area contributed by atoms with Crippen molar-refractivity contribution >= 4 is 107 Å². The summed E-state index contributed by atoms with van der Waals surface area (Å²) in [6.07, 6.45) is -2.20. The summed E-state index contributed by atoms with van der Waals surface area (Å²) in [6.45, 7) is 4.15. The van der Waals surface area contributed by atoms with Gasteiger partial charge >= 0.3 is 23.9 Å². The number of carboxylic acid groups (broad SMARTS) is 4. The van der Waals surface area contributed by atoms with Crippen molar-refractivity contribution in [1.29, 1.82) is 0 Å². The highest BCUT2D eigenvalue weighted by Crippen LogP contribution is 2.21. The molecule has 105 heavy (non-hydrogen) atoms. The molecule has 2 aromatic carbocycles. The number of nitrogens with zero attached hydrogens (tertiary/aromatic N) is 2. The highest BCUT2D eigenvalue weighted by Gasteiger charge is 2.42. The van der Waals surface area contributed by atoms with Crippen LogP contribution < -0.4 is 70.0 Å². The fourth-order valence-electron chi connectivity index (χ4n) is 10.7. The molecule has 0 saturated carbocycles. The second-order valence-electron chi connectivity index (χ2n) is 25.1. The molecule has 1 aliphatic rings.